The molecule has 1 aromatic heterocycles. The van der Waals surface area contributed by atoms with Crippen molar-refractivity contribution in [3.05, 3.63) is 23.0 Å². The lowest BCUT2D eigenvalue weighted by molar-refractivity contribution is 0.0971. The normalized spacial score (nSPS) is 15.2. The molecule has 100 valence electrons. The summed E-state index contributed by atoms with van der Waals surface area (Å²) in [6.45, 7) is 10.8. The minimum Gasteiger partial charge on any atom is -0.347 e. The highest BCUT2D eigenvalue weighted by molar-refractivity contribution is 5.98. The Morgan fingerprint density at radius 3 is 2.67 bits per heavy atom. The fourth-order valence-corrected chi connectivity index (χ4v) is 2.88. The Kier molecular flexibility index (Phi) is 4.23. The topological polar surface area (TPSA) is 25.2 Å². The quantitative estimate of drug-likeness (QED) is 0.800. The van der Waals surface area contributed by atoms with Crippen LogP contribution in [0.25, 0.3) is 0 Å². The van der Waals surface area contributed by atoms with Crippen molar-refractivity contribution in [3.8, 4) is 0 Å². The lowest BCUT2D eigenvalue weighted by Gasteiger charge is -2.21. The van der Waals surface area contributed by atoms with Crippen LogP contribution in [0.15, 0.2) is 6.07 Å². The first-order chi connectivity index (χ1) is 8.67. The van der Waals surface area contributed by atoms with Crippen LogP contribution in [-0.2, 0) is 13.0 Å². The zero-order chi connectivity index (χ0) is 13.1. The zero-order valence-corrected chi connectivity index (χ0v) is 11.8. The van der Waals surface area contributed by atoms with Crippen LogP contribution in [0.5, 0.6) is 0 Å². The maximum atomic E-state index is 11.9. The van der Waals surface area contributed by atoms with E-state index < -0.39 is 0 Å². The molecule has 1 heterocycles. The maximum absolute atomic E-state index is 11.9. The van der Waals surface area contributed by atoms with E-state index in [2.05, 4.69) is 36.3 Å². The molecule has 0 unspecified atom stereocenters. The number of nitrogens with zero attached hydrogens (tertiary/aromatic N) is 2. The Bertz CT molecular complexity index is 430. The van der Waals surface area contributed by atoms with E-state index in [-0.39, 0.29) is 0 Å². The molecule has 0 aliphatic heterocycles. The highest BCUT2D eigenvalue weighted by atomic mass is 16.1. The molecule has 0 saturated heterocycles. The molecule has 18 heavy (non-hydrogen) atoms. The Morgan fingerprint density at radius 2 is 2.00 bits per heavy atom. The van der Waals surface area contributed by atoms with Crippen LogP contribution in [0.2, 0.25) is 0 Å². The lowest BCUT2D eigenvalue weighted by Crippen LogP contribution is -2.28. The molecular weight excluding hydrogens is 224 g/mol. The molecule has 0 amide bonds. The number of hydrogen-bond acceptors (Lipinski definition) is 2. The van der Waals surface area contributed by atoms with Gasteiger partial charge in [0.15, 0.2) is 5.78 Å². The first-order valence-corrected chi connectivity index (χ1v) is 7.11. The molecule has 1 aromatic rings. The second-order valence-electron chi connectivity index (χ2n) is 5.10. The van der Waals surface area contributed by atoms with Gasteiger partial charge in [0.2, 0.25) is 0 Å². The third-order valence-electron chi connectivity index (χ3n) is 4.07. The number of ketones is 1. The van der Waals surface area contributed by atoms with Gasteiger partial charge in [0.05, 0.1) is 0 Å². The fourth-order valence-electron chi connectivity index (χ4n) is 2.88. The summed E-state index contributed by atoms with van der Waals surface area (Å²) in [5.41, 5.74) is 3.50. The van der Waals surface area contributed by atoms with Crippen molar-refractivity contribution in [1.82, 2.24) is 9.47 Å². The van der Waals surface area contributed by atoms with E-state index in [0.29, 0.717) is 5.78 Å². The first-order valence-electron chi connectivity index (χ1n) is 7.11. The number of carbonyl (C=O) groups excluding carboxylic acids is 1. The fraction of sp³-hybridized carbons (Fsp3) is 0.667. The van der Waals surface area contributed by atoms with Crippen LogP contribution in [0.3, 0.4) is 0 Å². The summed E-state index contributed by atoms with van der Waals surface area (Å²) in [4.78, 5) is 14.3. The molecule has 1 aliphatic carbocycles. The minimum atomic E-state index is 0.334. The molecule has 0 N–H and O–H groups in total. The monoisotopic (exact) mass is 248 g/mol. The summed E-state index contributed by atoms with van der Waals surface area (Å²) in [6, 6.07) is 2.08. The molecule has 2 rings (SSSR count). The van der Waals surface area contributed by atoms with Gasteiger partial charge < -0.3 is 9.47 Å². The Labute approximate surface area is 110 Å². The van der Waals surface area contributed by atoms with Gasteiger partial charge in [0, 0.05) is 36.5 Å². The number of likely N-dealkylation sites (N-methyl/N-ethyl adjacent to an activating group) is 1. The molecule has 0 spiro atoms. The number of carbonyl (C=O) groups is 1. The summed E-state index contributed by atoms with van der Waals surface area (Å²) in [6.07, 6.45) is 2.81. The molecule has 0 aromatic carbocycles. The van der Waals surface area contributed by atoms with Crippen molar-refractivity contribution in [1.29, 1.82) is 0 Å². The summed E-state index contributed by atoms with van der Waals surface area (Å²) >= 11 is 0. The molecule has 3 nitrogen and oxygen atoms in total. The average molecular weight is 248 g/mol. The number of hydrogen-bond donors (Lipinski definition) is 0. The summed E-state index contributed by atoms with van der Waals surface area (Å²) < 4.78 is 2.35. The number of aryl methyl sites for hydroxylation is 1. The number of Topliss-reactive ketones (excluding diaryl/α,β-unsaturated/α-hetero) is 1. The van der Waals surface area contributed by atoms with E-state index in [1.54, 1.807) is 0 Å². The van der Waals surface area contributed by atoms with Crippen molar-refractivity contribution < 1.29 is 4.79 Å². The van der Waals surface area contributed by atoms with Gasteiger partial charge >= 0.3 is 0 Å². The molecule has 0 atom stereocenters. The van der Waals surface area contributed by atoms with Crippen LogP contribution in [0.4, 0.5) is 0 Å². The number of fused-ring (bicyclic) bond motifs is 1. The van der Waals surface area contributed by atoms with Crippen LogP contribution in [-0.4, -0.2) is 34.9 Å². The molecule has 0 radical (unpaired) electrons. The van der Waals surface area contributed by atoms with E-state index in [0.717, 1.165) is 51.0 Å². The van der Waals surface area contributed by atoms with Crippen molar-refractivity contribution in [2.45, 2.75) is 46.6 Å². The standard InChI is InChI=1S/C15H24N2O/c1-4-16(5-2)9-10-17-12(3)11-13-14(17)7-6-8-15(13)18/h11H,4-10H2,1-3H3. The van der Waals surface area contributed by atoms with Crippen molar-refractivity contribution in [2.75, 3.05) is 19.6 Å². The Morgan fingerprint density at radius 1 is 1.28 bits per heavy atom. The first kappa shape index (κ1) is 13.3. The van der Waals surface area contributed by atoms with Gasteiger partial charge in [-0.25, -0.2) is 0 Å². The van der Waals surface area contributed by atoms with Gasteiger partial charge in [-0.2, -0.15) is 0 Å². The van der Waals surface area contributed by atoms with Crippen LogP contribution >= 0.6 is 0 Å². The largest absolute Gasteiger partial charge is 0.347 e. The van der Waals surface area contributed by atoms with Crippen LogP contribution in [0, 0.1) is 6.92 Å². The van der Waals surface area contributed by atoms with E-state index in [4.69, 9.17) is 0 Å². The van der Waals surface area contributed by atoms with Gasteiger partial charge in [-0.1, -0.05) is 13.8 Å². The molecule has 0 bridgehead atoms. The van der Waals surface area contributed by atoms with E-state index in [9.17, 15) is 4.79 Å². The summed E-state index contributed by atoms with van der Waals surface area (Å²) in [7, 11) is 0. The summed E-state index contributed by atoms with van der Waals surface area (Å²) in [5.74, 6) is 0.334. The molecule has 0 saturated carbocycles. The van der Waals surface area contributed by atoms with E-state index >= 15 is 0 Å². The highest BCUT2D eigenvalue weighted by Crippen LogP contribution is 2.24. The predicted molar refractivity (Wildman–Crippen MR) is 74.2 cm³/mol. The van der Waals surface area contributed by atoms with Gasteiger partial charge in [-0.3, -0.25) is 4.79 Å². The minimum absolute atomic E-state index is 0.334. The third-order valence-corrected chi connectivity index (χ3v) is 4.07. The average Bonchev–Trinajstić information content (AvgIpc) is 2.69. The van der Waals surface area contributed by atoms with Crippen LogP contribution in [0.1, 0.15) is 48.4 Å². The maximum Gasteiger partial charge on any atom is 0.164 e. The second kappa shape index (κ2) is 5.70. The highest BCUT2D eigenvalue weighted by Gasteiger charge is 2.22. The van der Waals surface area contributed by atoms with Crippen molar-refractivity contribution in [3.63, 3.8) is 0 Å². The Balaban J connectivity index is 2.16. The summed E-state index contributed by atoms with van der Waals surface area (Å²) in [5, 5.41) is 0. The van der Waals surface area contributed by atoms with E-state index in [1.165, 1.54) is 11.4 Å². The SMILES string of the molecule is CCN(CC)CCn1c(C)cc2c1CCCC2=O. The number of rotatable bonds is 5. The van der Waals surface area contributed by atoms with Crippen LogP contribution < -0.4 is 0 Å². The van der Waals surface area contributed by atoms with E-state index in [1.807, 2.05) is 0 Å². The van der Waals surface area contributed by atoms with Gasteiger partial charge in [0.1, 0.15) is 0 Å². The van der Waals surface area contributed by atoms with Gasteiger partial charge in [0.25, 0.3) is 0 Å². The van der Waals surface area contributed by atoms with Crippen molar-refractivity contribution >= 4 is 5.78 Å². The lowest BCUT2D eigenvalue weighted by atomic mass is 9.97. The molecule has 0 fully saturated rings. The smallest absolute Gasteiger partial charge is 0.164 e. The predicted octanol–water partition coefficient (Wildman–Crippen LogP) is 2.66. The number of aromatic nitrogens is 1. The Hall–Kier alpha value is -1.09. The molecule has 3 heteroatoms. The molecular formula is C15H24N2O. The van der Waals surface area contributed by atoms with Crippen molar-refractivity contribution in [2.24, 2.45) is 0 Å². The van der Waals surface area contributed by atoms with Gasteiger partial charge in [-0.05, 0) is 38.9 Å². The third kappa shape index (κ3) is 2.51. The molecule has 1 aliphatic rings. The second-order valence-corrected chi connectivity index (χ2v) is 5.10. The zero-order valence-electron chi connectivity index (χ0n) is 11.8. The van der Waals surface area contributed by atoms with Gasteiger partial charge in [-0.15, -0.1) is 0 Å².